The van der Waals surface area contributed by atoms with Gasteiger partial charge in [0.1, 0.15) is 0 Å². The Kier molecular flexibility index (Phi) is 4.37. The Labute approximate surface area is 120 Å². The summed E-state index contributed by atoms with van der Waals surface area (Å²) in [5, 5.41) is 2.86. The van der Waals surface area contributed by atoms with Crippen molar-refractivity contribution < 1.29 is 9.21 Å². The number of hydrogen-bond donors (Lipinski definition) is 1. The molecule has 1 amide bonds. The van der Waals surface area contributed by atoms with Crippen LogP contribution in [0, 0.1) is 5.92 Å². The lowest BCUT2D eigenvalue weighted by molar-refractivity contribution is -0.116. The van der Waals surface area contributed by atoms with Crippen LogP contribution in [-0.2, 0) is 4.79 Å². The van der Waals surface area contributed by atoms with Crippen molar-refractivity contribution in [1.82, 2.24) is 4.98 Å². The summed E-state index contributed by atoms with van der Waals surface area (Å²) >= 11 is 3.38. The van der Waals surface area contributed by atoms with E-state index < -0.39 is 0 Å². The van der Waals surface area contributed by atoms with E-state index in [2.05, 4.69) is 26.2 Å². The van der Waals surface area contributed by atoms with Gasteiger partial charge in [0.15, 0.2) is 12.2 Å². The van der Waals surface area contributed by atoms with Crippen LogP contribution in [0.1, 0.15) is 13.8 Å². The van der Waals surface area contributed by atoms with Crippen molar-refractivity contribution in [3.05, 3.63) is 36.9 Å². The van der Waals surface area contributed by atoms with Crippen molar-refractivity contribution in [1.29, 1.82) is 0 Å². The number of aromatic nitrogens is 1. The third-order valence-electron chi connectivity index (χ3n) is 2.71. The standard InChI is InChI=1S/C14H15BrN2O2/c1-9(2)13(15)14(18)17-11-5-3-10(4-6-11)12-7-16-8-19-12/h3-9,13H,1-2H3,(H,17,18). The second-order valence-electron chi connectivity index (χ2n) is 4.58. The van der Waals surface area contributed by atoms with Gasteiger partial charge in [0.2, 0.25) is 5.91 Å². The minimum Gasteiger partial charge on any atom is -0.444 e. The molecule has 5 heteroatoms. The molecule has 1 heterocycles. The number of halogens is 1. The topological polar surface area (TPSA) is 55.1 Å². The Hall–Kier alpha value is -1.62. The van der Waals surface area contributed by atoms with Crippen molar-refractivity contribution in [2.24, 2.45) is 5.92 Å². The molecule has 1 unspecified atom stereocenters. The van der Waals surface area contributed by atoms with E-state index >= 15 is 0 Å². The minimum absolute atomic E-state index is 0.0394. The summed E-state index contributed by atoms with van der Waals surface area (Å²) < 4.78 is 5.20. The molecule has 0 aliphatic carbocycles. The number of benzene rings is 1. The van der Waals surface area contributed by atoms with Crippen molar-refractivity contribution in [3.63, 3.8) is 0 Å². The van der Waals surface area contributed by atoms with Crippen molar-refractivity contribution in [3.8, 4) is 11.3 Å². The van der Waals surface area contributed by atoms with Crippen LogP contribution in [0.5, 0.6) is 0 Å². The fourth-order valence-corrected chi connectivity index (χ4v) is 1.70. The van der Waals surface area contributed by atoms with Crippen LogP contribution >= 0.6 is 15.9 Å². The molecule has 0 spiro atoms. The lowest BCUT2D eigenvalue weighted by Gasteiger charge is -2.13. The lowest BCUT2D eigenvalue weighted by atomic mass is 10.1. The maximum atomic E-state index is 11.9. The minimum atomic E-state index is -0.193. The first-order chi connectivity index (χ1) is 9.08. The number of carbonyl (C=O) groups excluding carboxylic acids is 1. The monoisotopic (exact) mass is 322 g/mol. The van der Waals surface area contributed by atoms with E-state index in [4.69, 9.17) is 4.42 Å². The molecule has 2 aromatic rings. The molecule has 0 aliphatic heterocycles. The summed E-state index contributed by atoms with van der Waals surface area (Å²) in [7, 11) is 0. The Balaban J connectivity index is 2.05. The molecule has 0 saturated carbocycles. The van der Waals surface area contributed by atoms with Crippen molar-refractivity contribution in [2.45, 2.75) is 18.7 Å². The van der Waals surface area contributed by atoms with Crippen LogP contribution in [0.4, 0.5) is 5.69 Å². The number of nitrogens with zero attached hydrogens (tertiary/aromatic N) is 1. The molecule has 1 aromatic carbocycles. The van der Waals surface area contributed by atoms with E-state index in [0.717, 1.165) is 11.3 Å². The Bertz CT molecular complexity index is 535. The molecule has 0 aliphatic rings. The van der Waals surface area contributed by atoms with Crippen LogP contribution in [0.25, 0.3) is 11.3 Å². The van der Waals surface area contributed by atoms with Crippen LogP contribution in [0.15, 0.2) is 41.3 Å². The number of carbonyl (C=O) groups is 1. The number of oxazole rings is 1. The Morgan fingerprint density at radius 3 is 2.53 bits per heavy atom. The summed E-state index contributed by atoms with van der Waals surface area (Å²) in [6.45, 7) is 3.98. The van der Waals surface area contributed by atoms with Gasteiger partial charge in [0.05, 0.1) is 11.0 Å². The fourth-order valence-electron chi connectivity index (χ4n) is 1.59. The largest absolute Gasteiger partial charge is 0.444 e. The van der Waals surface area contributed by atoms with Crippen molar-refractivity contribution in [2.75, 3.05) is 5.32 Å². The molecule has 1 atom stereocenters. The normalized spacial score (nSPS) is 12.4. The zero-order chi connectivity index (χ0) is 13.8. The molecule has 4 nitrogen and oxygen atoms in total. The van der Waals surface area contributed by atoms with Crippen LogP contribution in [-0.4, -0.2) is 15.7 Å². The summed E-state index contributed by atoms with van der Waals surface area (Å²) in [4.78, 5) is 15.6. The lowest BCUT2D eigenvalue weighted by Crippen LogP contribution is -2.26. The van der Waals surface area contributed by atoms with Crippen LogP contribution in [0.3, 0.4) is 0 Å². The van der Waals surface area contributed by atoms with Gasteiger partial charge in [-0.25, -0.2) is 4.98 Å². The predicted octanol–water partition coefficient (Wildman–Crippen LogP) is 3.70. The highest BCUT2D eigenvalue weighted by molar-refractivity contribution is 9.10. The fraction of sp³-hybridized carbons (Fsp3) is 0.286. The molecule has 2 rings (SSSR count). The quantitative estimate of drug-likeness (QED) is 0.873. The third-order valence-corrected chi connectivity index (χ3v) is 4.18. The smallest absolute Gasteiger partial charge is 0.238 e. The Morgan fingerprint density at radius 2 is 2.00 bits per heavy atom. The number of nitrogens with one attached hydrogen (secondary N) is 1. The summed E-state index contributed by atoms with van der Waals surface area (Å²) in [5.41, 5.74) is 1.69. The summed E-state index contributed by atoms with van der Waals surface area (Å²) in [6, 6.07) is 7.45. The van der Waals surface area contributed by atoms with Crippen LogP contribution < -0.4 is 5.32 Å². The third kappa shape index (κ3) is 3.44. The van der Waals surface area contributed by atoms with Gasteiger partial charge < -0.3 is 9.73 Å². The average molecular weight is 323 g/mol. The second kappa shape index (κ2) is 6.02. The van der Waals surface area contributed by atoms with Gasteiger partial charge >= 0.3 is 0 Å². The first-order valence-electron chi connectivity index (χ1n) is 6.02. The van der Waals surface area contributed by atoms with Gasteiger partial charge in [-0.3, -0.25) is 4.79 Å². The molecule has 19 heavy (non-hydrogen) atoms. The van der Waals surface area contributed by atoms with E-state index in [1.54, 1.807) is 6.20 Å². The summed E-state index contributed by atoms with van der Waals surface area (Å²) in [6.07, 6.45) is 3.05. The van der Waals surface area contributed by atoms with Crippen LogP contribution in [0.2, 0.25) is 0 Å². The highest BCUT2D eigenvalue weighted by Crippen LogP contribution is 2.21. The zero-order valence-electron chi connectivity index (χ0n) is 10.8. The SMILES string of the molecule is CC(C)C(Br)C(=O)Nc1ccc(-c2cnco2)cc1. The molecule has 100 valence electrons. The first-order valence-corrected chi connectivity index (χ1v) is 6.93. The highest BCUT2D eigenvalue weighted by atomic mass is 79.9. The molecule has 0 bridgehead atoms. The van der Waals surface area contributed by atoms with Gasteiger partial charge in [0, 0.05) is 11.3 Å². The second-order valence-corrected chi connectivity index (χ2v) is 5.56. The van der Waals surface area contributed by atoms with E-state index in [0.29, 0.717) is 5.76 Å². The van der Waals surface area contributed by atoms with E-state index in [1.165, 1.54) is 6.39 Å². The van der Waals surface area contributed by atoms with Gasteiger partial charge in [-0.05, 0) is 30.2 Å². The molecule has 1 aromatic heterocycles. The molecule has 0 saturated heterocycles. The van der Waals surface area contributed by atoms with Gasteiger partial charge in [-0.1, -0.05) is 29.8 Å². The maximum absolute atomic E-state index is 11.9. The number of anilines is 1. The van der Waals surface area contributed by atoms with Gasteiger partial charge in [-0.15, -0.1) is 0 Å². The number of hydrogen-bond acceptors (Lipinski definition) is 3. The molecule has 0 fully saturated rings. The molecule has 1 N–H and O–H groups in total. The predicted molar refractivity (Wildman–Crippen MR) is 78.1 cm³/mol. The van der Waals surface area contributed by atoms with Crippen molar-refractivity contribution >= 4 is 27.5 Å². The Morgan fingerprint density at radius 1 is 1.32 bits per heavy atom. The number of rotatable bonds is 4. The zero-order valence-corrected chi connectivity index (χ0v) is 12.3. The summed E-state index contributed by atoms with van der Waals surface area (Å²) in [5.74, 6) is 0.911. The molecular formula is C14H15BrN2O2. The van der Waals surface area contributed by atoms with Gasteiger partial charge in [0.25, 0.3) is 0 Å². The number of alkyl halides is 1. The van der Waals surface area contributed by atoms with E-state index in [-0.39, 0.29) is 16.7 Å². The molecule has 0 radical (unpaired) electrons. The highest BCUT2D eigenvalue weighted by Gasteiger charge is 2.18. The van der Waals surface area contributed by atoms with Gasteiger partial charge in [-0.2, -0.15) is 0 Å². The number of amides is 1. The van der Waals surface area contributed by atoms with E-state index in [9.17, 15) is 4.79 Å². The van der Waals surface area contributed by atoms with E-state index in [1.807, 2.05) is 38.1 Å². The maximum Gasteiger partial charge on any atom is 0.238 e. The average Bonchev–Trinajstić information content (AvgIpc) is 2.92. The molecular weight excluding hydrogens is 308 g/mol. The first kappa shape index (κ1) is 13.8.